The Hall–Kier alpha value is -3.77. The van der Waals surface area contributed by atoms with Gasteiger partial charge in [-0.25, -0.2) is 0 Å². The number of hydrogen-bond donors (Lipinski definition) is 4. The van der Waals surface area contributed by atoms with E-state index in [2.05, 4.69) is 0 Å². The van der Waals surface area contributed by atoms with Crippen molar-refractivity contribution < 1.29 is 39.3 Å². The van der Waals surface area contributed by atoms with E-state index in [0.29, 0.717) is 11.1 Å². The first-order valence-corrected chi connectivity index (χ1v) is 14.0. The lowest BCUT2D eigenvalue weighted by atomic mass is 9.49. The first kappa shape index (κ1) is 27.4. The minimum absolute atomic E-state index is 0.119. The van der Waals surface area contributed by atoms with E-state index in [-0.39, 0.29) is 11.3 Å². The molecule has 212 valence electrons. The number of amides is 1. The summed E-state index contributed by atoms with van der Waals surface area (Å²) in [5.41, 5.74) is 3.29. The highest BCUT2D eigenvalue weighted by atomic mass is 32.1. The van der Waals surface area contributed by atoms with E-state index in [1.54, 1.807) is 13.0 Å². The monoisotopic (exact) mass is 576 g/mol. The maximum Gasteiger partial charge on any atom is 0.235 e. The van der Waals surface area contributed by atoms with Crippen molar-refractivity contribution in [2.24, 2.45) is 29.4 Å². The molecule has 8 atom stereocenters. The van der Waals surface area contributed by atoms with Crippen LogP contribution in [0.15, 0.2) is 42.5 Å². The Labute approximate surface area is 238 Å². The molecular formula is C30H28N2O8S. The van der Waals surface area contributed by atoms with Crippen LogP contribution in [0, 0.1) is 23.7 Å². The van der Waals surface area contributed by atoms with Gasteiger partial charge in [0, 0.05) is 15.5 Å². The third kappa shape index (κ3) is 3.49. The number of phenols is 1. The van der Waals surface area contributed by atoms with Crippen LogP contribution in [0.3, 0.4) is 0 Å². The average Bonchev–Trinajstić information content (AvgIpc) is 3.34. The molecule has 2 unspecified atom stereocenters. The number of primary amides is 1. The van der Waals surface area contributed by atoms with E-state index in [0.717, 1.165) is 15.0 Å². The fourth-order valence-corrected chi connectivity index (χ4v) is 8.50. The number of likely N-dealkylation sites (N-methyl/N-ethyl adjacent to an activating group) is 1. The van der Waals surface area contributed by atoms with Crippen molar-refractivity contribution in [2.75, 3.05) is 14.1 Å². The standard InChI is InChI=1S/C30H28N2O8S/c1-11-17-13(16-10-12-6-4-5-7-15(12)41-16)8-9-14(33)19(17)24(34)20-18(11)25(35)22-23(32(2)3)26(36)21(29(31)39)28(38)30(22,40)27(20)37/h4-11,18,20-23,25,33,35,40H,1-3H3,(H2,31,39)/t11-,18+,20?,21?,22+,23-,25-,30-/m0/s1. The molecule has 0 bridgehead atoms. The Morgan fingerprint density at radius 2 is 1.73 bits per heavy atom. The van der Waals surface area contributed by atoms with Crippen molar-refractivity contribution in [1.82, 2.24) is 4.90 Å². The van der Waals surface area contributed by atoms with Crippen molar-refractivity contribution in [3.8, 4) is 16.2 Å². The fraction of sp³-hybridized carbons (Fsp3) is 0.367. The van der Waals surface area contributed by atoms with Crippen LogP contribution in [-0.4, -0.2) is 81.1 Å². The first-order valence-electron chi connectivity index (χ1n) is 13.2. The number of aromatic hydroxyl groups is 1. The molecule has 3 aromatic rings. The highest BCUT2D eigenvalue weighted by Gasteiger charge is 2.73. The van der Waals surface area contributed by atoms with Gasteiger partial charge >= 0.3 is 0 Å². The van der Waals surface area contributed by atoms with Gasteiger partial charge in [-0.15, -0.1) is 11.3 Å². The summed E-state index contributed by atoms with van der Waals surface area (Å²) in [5, 5.41) is 35.5. The summed E-state index contributed by atoms with van der Waals surface area (Å²) in [6.07, 6.45) is -1.68. The van der Waals surface area contributed by atoms with Gasteiger partial charge in [0.2, 0.25) is 5.91 Å². The van der Waals surface area contributed by atoms with Gasteiger partial charge in [0.15, 0.2) is 34.7 Å². The lowest BCUT2D eigenvalue weighted by molar-refractivity contribution is -0.196. The topological polar surface area (TPSA) is 175 Å². The number of carbonyl (C=O) groups is 5. The maximum atomic E-state index is 14.1. The predicted octanol–water partition coefficient (Wildman–Crippen LogP) is 1.28. The quantitative estimate of drug-likeness (QED) is 0.335. The Bertz CT molecular complexity index is 1660. The van der Waals surface area contributed by atoms with Gasteiger partial charge in [-0.3, -0.25) is 28.9 Å². The number of fused-ring (bicyclic) bond motifs is 4. The van der Waals surface area contributed by atoms with Gasteiger partial charge in [-0.1, -0.05) is 25.1 Å². The summed E-state index contributed by atoms with van der Waals surface area (Å²) in [6.45, 7) is 1.71. The van der Waals surface area contributed by atoms with Gasteiger partial charge in [0.05, 0.1) is 29.5 Å². The second kappa shape index (κ2) is 9.12. The average molecular weight is 577 g/mol. The zero-order valence-electron chi connectivity index (χ0n) is 22.4. The number of rotatable bonds is 3. The number of aliphatic hydroxyl groups is 2. The van der Waals surface area contributed by atoms with Gasteiger partial charge in [-0.05, 0) is 60.8 Å². The minimum Gasteiger partial charge on any atom is -0.507 e. The van der Waals surface area contributed by atoms with Crippen LogP contribution < -0.4 is 5.73 Å². The third-order valence-electron chi connectivity index (χ3n) is 9.16. The molecule has 1 amide bonds. The van der Waals surface area contributed by atoms with Crippen LogP contribution in [0.5, 0.6) is 5.75 Å². The number of carbonyl (C=O) groups excluding carboxylic acids is 5. The van der Waals surface area contributed by atoms with Gasteiger partial charge in [-0.2, -0.15) is 0 Å². The molecule has 1 aromatic heterocycles. The van der Waals surface area contributed by atoms with Crippen LogP contribution in [0.1, 0.15) is 28.8 Å². The molecule has 2 saturated carbocycles. The molecule has 0 saturated heterocycles. The summed E-state index contributed by atoms with van der Waals surface area (Å²) >= 11 is 1.49. The van der Waals surface area contributed by atoms with E-state index in [1.165, 1.54) is 36.4 Å². The Morgan fingerprint density at radius 3 is 2.37 bits per heavy atom. The minimum atomic E-state index is -3.02. The third-order valence-corrected chi connectivity index (χ3v) is 10.3. The van der Waals surface area contributed by atoms with Gasteiger partial charge < -0.3 is 21.1 Å². The highest BCUT2D eigenvalue weighted by Crippen LogP contribution is 2.56. The summed E-state index contributed by atoms with van der Waals surface area (Å²) in [6, 6.07) is 11.3. The number of phenolic OH excluding ortho intramolecular Hbond substituents is 1. The summed E-state index contributed by atoms with van der Waals surface area (Å²) in [5.74, 6) is -13.4. The lowest BCUT2D eigenvalue weighted by Gasteiger charge is -2.56. The van der Waals surface area contributed by atoms with Crippen molar-refractivity contribution in [3.05, 3.63) is 53.6 Å². The summed E-state index contributed by atoms with van der Waals surface area (Å²) in [4.78, 5) is 69.3. The molecule has 3 aliphatic rings. The first-order chi connectivity index (χ1) is 19.3. The molecule has 11 heteroatoms. The Kier molecular flexibility index (Phi) is 6.09. The molecule has 41 heavy (non-hydrogen) atoms. The molecule has 2 aromatic carbocycles. The van der Waals surface area contributed by atoms with Crippen molar-refractivity contribution in [1.29, 1.82) is 0 Å². The van der Waals surface area contributed by atoms with E-state index in [1.807, 2.05) is 30.3 Å². The van der Waals surface area contributed by atoms with E-state index in [9.17, 15) is 39.3 Å². The molecule has 1 heterocycles. The zero-order valence-corrected chi connectivity index (χ0v) is 23.2. The highest BCUT2D eigenvalue weighted by molar-refractivity contribution is 7.22. The second-order valence-electron chi connectivity index (χ2n) is 11.4. The zero-order chi connectivity index (χ0) is 29.7. The van der Waals surface area contributed by atoms with Crippen LogP contribution in [0.4, 0.5) is 0 Å². The Morgan fingerprint density at radius 1 is 1.05 bits per heavy atom. The predicted molar refractivity (Wildman–Crippen MR) is 148 cm³/mol. The summed E-state index contributed by atoms with van der Waals surface area (Å²) < 4.78 is 1.01. The lowest BCUT2D eigenvalue weighted by Crippen LogP contribution is -2.77. The molecule has 0 spiro atoms. The van der Waals surface area contributed by atoms with E-state index < -0.39 is 76.4 Å². The number of hydrogen-bond acceptors (Lipinski definition) is 10. The molecule has 2 fully saturated rings. The molecule has 5 N–H and O–H groups in total. The number of aliphatic hydroxyl groups excluding tert-OH is 1. The van der Waals surface area contributed by atoms with Crippen LogP contribution in [0.2, 0.25) is 0 Å². The number of nitrogens with zero attached hydrogens (tertiary/aromatic N) is 1. The van der Waals surface area contributed by atoms with Crippen molar-refractivity contribution in [2.45, 2.75) is 30.6 Å². The largest absolute Gasteiger partial charge is 0.507 e. The molecule has 0 radical (unpaired) electrons. The van der Waals surface area contributed by atoms with Crippen LogP contribution in [-0.2, 0) is 19.2 Å². The number of benzene rings is 2. The van der Waals surface area contributed by atoms with Gasteiger partial charge in [0.25, 0.3) is 0 Å². The number of nitrogens with two attached hydrogens (primary N) is 1. The van der Waals surface area contributed by atoms with Gasteiger partial charge in [0.1, 0.15) is 5.75 Å². The van der Waals surface area contributed by atoms with E-state index >= 15 is 0 Å². The van der Waals surface area contributed by atoms with E-state index in [4.69, 9.17) is 5.73 Å². The maximum absolute atomic E-state index is 14.1. The molecule has 10 nitrogen and oxygen atoms in total. The smallest absolute Gasteiger partial charge is 0.235 e. The Balaban J connectivity index is 1.57. The number of ketones is 4. The second-order valence-corrected chi connectivity index (χ2v) is 12.5. The summed E-state index contributed by atoms with van der Waals surface area (Å²) in [7, 11) is 2.92. The SMILES string of the molecule is C[C@H]1c2c(-c3cc4ccccc4s3)ccc(O)c2C(=O)C2C(=O)[C@]3(O)C(=O)C(C(N)=O)C(=O)[C@@H](N(C)C)[C@@H]3[C@@H](O)[C@@H]21. The normalized spacial score (nSPS) is 33.1. The van der Waals surface area contributed by atoms with Crippen LogP contribution >= 0.6 is 11.3 Å². The van der Waals surface area contributed by atoms with Crippen molar-refractivity contribution in [3.63, 3.8) is 0 Å². The number of Topliss-reactive ketones (excluding diaryl/α,β-unsaturated/α-hetero) is 4. The fourth-order valence-electron chi connectivity index (χ4n) is 7.40. The molecule has 3 aliphatic carbocycles. The molecule has 0 aliphatic heterocycles. The van der Waals surface area contributed by atoms with Crippen molar-refractivity contribution >= 4 is 50.5 Å². The molecular weight excluding hydrogens is 548 g/mol. The van der Waals surface area contributed by atoms with Crippen LogP contribution in [0.25, 0.3) is 20.5 Å². The number of thiophene rings is 1. The molecule has 6 rings (SSSR count).